The average Bonchev–Trinajstić information content (AvgIpc) is 3.50. The lowest BCUT2D eigenvalue weighted by atomic mass is 10.2. The van der Waals surface area contributed by atoms with E-state index in [-0.39, 0.29) is 5.91 Å². The van der Waals surface area contributed by atoms with Crippen molar-refractivity contribution in [1.29, 1.82) is 0 Å². The maximum Gasteiger partial charge on any atom is 0.264 e. The average molecular weight is 495 g/mol. The zero-order chi connectivity index (χ0) is 22.1. The van der Waals surface area contributed by atoms with Crippen molar-refractivity contribution in [2.24, 2.45) is 4.99 Å². The largest absolute Gasteiger partial charge is 0.300 e. The highest BCUT2D eigenvalue weighted by atomic mass is 35.5. The minimum Gasteiger partial charge on any atom is -0.300 e. The van der Waals surface area contributed by atoms with Crippen LogP contribution in [0.15, 0.2) is 69.9 Å². The van der Waals surface area contributed by atoms with Crippen LogP contribution >= 0.6 is 46.0 Å². The molecule has 0 spiro atoms. The molecule has 1 N–H and O–H groups in total. The SMILES string of the molecule is Cc1nc(-c2ccccc2)sc1-c1csc(/N=C2\NC(=O)/C(=C/c3ccc(Cl)cc3)S2)n1. The number of benzene rings is 2. The molecule has 1 aliphatic rings. The summed E-state index contributed by atoms with van der Waals surface area (Å²) in [5.41, 5.74) is 3.78. The zero-order valence-corrected chi connectivity index (χ0v) is 19.9. The number of hydrogen-bond donors (Lipinski definition) is 1. The number of thioether (sulfide) groups is 1. The van der Waals surface area contributed by atoms with E-state index in [1.54, 1.807) is 23.5 Å². The number of aryl methyl sites for hydroxylation is 1. The molecule has 32 heavy (non-hydrogen) atoms. The van der Waals surface area contributed by atoms with Gasteiger partial charge in [-0.2, -0.15) is 4.99 Å². The maximum absolute atomic E-state index is 12.3. The second kappa shape index (κ2) is 8.99. The molecule has 1 saturated heterocycles. The Bertz CT molecular complexity index is 1360. The van der Waals surface area contributed by atoms with Crippen molar-refractivity contribution < 1.29 is 4.79 Å². The molecule has 0 radical (unpaired) electrons. The minimum atomic E-state index is -0.175. The lowest BCUT2D eigenvalue weighted by molar-refractivity contribution is -0.115. The maximum atomic E-state index is 12.3. The van der Waals surface area contributed by atoms with Crippen LogP contribution in [0.3, 0.4) is 0 Å². The molecule has 158 valence electrons. The molecule has 2 aromatic heterocycles. The molecule has 0 unspecified atom stereocenters. The summed E-state index contributed by atoms with van der Waals surface area (Å²) in [4.78, 5) is 27.8. The molecule has 1 aliphatic heterocycles. The van der Waals surface area contributed by atoms with Gasteiger partial charge in [-0.25, -0.2) is 9.97 Å². The minimum absolute atomic E-state index is 0.175. The number of aromatic nitrogens is 2. The monoisotopic (exact) mass is 494 g/mol. The van der Waals surface area contributed by atoms with Gasteiger partial charge in [-0.05, 0) is 42.5 Å². The molecule has 1 amide bonds. The molecule has 4 aromatic rings. The first kappa shape index (κ1) is 21.1. The van der Waals surface area contributed by atoms with E-state index < -0.39 is 0 Å². The topological polar surface area (TPSA) is 67.2 Å². The number of carbonyl (C=O) groups is 1. The second-order valence-electron chi connectivity index (χ2n) is 6.85. The summed E-state index contributed by atoms with van der Waals surface area (Å²) in [6.07, 6.45) is 1.82. The summed E-state index contributed by atoms with van der Waals surface area (Å²) in [6.45, 7) is 1.99. The summed E-state index contributed by atoms with van der Waals surface area (Å²) in [5.74, 6) is -0.175. The van der Waals surface area contributed by atoms with Gasteiger partial charge in [0.2, 0.25) is 5.13 Å². The van der Waals surface area contributed by atoms with Crippen molar-refractivity contribution in [2.45, 2.75) is 6.92 Å². The molecule has 0 aliphatic carbocycles. The highest BCUT2D eigenvalue weighted by Gasteiger charge is 2.24. The number of nitrogens with zero attached hydrogens (tertiary/aromatic N) is 3. The Morgan fingerprint density at radius 1 is 1.06 bits per heavy atom. The van der Waals surface area contributed by atoms with E-state index in [9.17, 15) is 4.79 Å². The van der Waals surface area contributed by atoms with E-state index in [4.69, 9.17) is 16.6 Å². The van der Waals surface area contributed by atoms with Crippen LogP contribution in [0.25, 0.3) is 27.2 Å². The summed E-state index contributed by atoms with van der Waals surface area (Å²) in [5, 5.41) is 7.51. The van der Waals surface area contributed by atoms with E-state index in [1.807, 2.05) is 48.7 Å². The van der Waals surface area contributed by atoms with Crippen LogP contribution in [0.4, 0.5) is 5.13 Å². The molecule has 5 nitrogen and oxygen atoms in total. The molecule has 2 aromatic carbocycles. The van der Waals surface area contributed by atoms with Gasteiger partial charge in [0.05, 0.1) is 21.2 Å². The van der Waals surface area contributed by atoms with Crippen molar-refractivity contribution in [3.8, 4) is 21.1 Å². The third-order valence-corrected chi connectivity index (χ3v) is 7.68. The lowest BCUT2D eigenvalue weighted by Crippen LogP contribution is -2.19. The Morgan fingerprint density at radius 3 is 2.62 bits per heavy atom. The number of amidine groups is 1. The molecular formula is C23H15ClN4OS3. The molecule has 0 saturated carbocycles. The first-order chi connectivity index (χ1) is 15.5. The predicted molar refractivity (Wildman–Crippen MR) is 136 cm³/mol. The van der Waals surface area contributed by atoms with Crippen LogP contribution < -0.4 is 5.32 Å². The summed E-state index contributed by atoms with van der Waals surface area (Å²) < 4.78 is 0. The van der Waals surface area contributed by atoms with Gasteiger partial charge in [-0.3, -0.25) is 4.79 Å². The van der Waals surface area contributed by atoms with Gasteiger partial charge in [0, 0.05) is 16.0 Å². The van der Waals surface area contributed by atoms with E-state index in [0.29, 0.717) is 20.2 Å². The number of thiazole rings is 2. The van der Waals surface area contributed by atoms with Gasteiger partial charge >= 0.3 is 0 Å². The number of carbonyl (C=O) groups excluding carboxylic acids is 1. The Balaban J connectivity index is 1.36. The van der Waals surface area contributed by atoms with E-state index in [2.05, 4.69) is 27.4 Å². The Labute approximate surface area is 201 Å². The summed E-state index contributed by atoms with van der Waals surface area (Å²) >= 11 is 10.3. The number of aliphatic imine (C=N–C) groups is 1. The van der Waals surface area contributed by atoms with Gasteiger partial charge in [-0.15, -0.1) is 22.7 Å². The second-order valence-corrected chi connectivity index (χ2v) is 10.2. The number of hydrogen-bond acceptors (Lipinski definition) is 7. The van der Waals surface area contributed by atoms with Crippen molar-refractivity contribution in [2.75, 3.05) is 0 Å². The van der Waals surface area contributed by atoms with Crippen molar-refractivity contribution in [1.82, 2.24) is 15.3 Å². The third kappa shape index (κ3) is 4.54. The summed E-state index contributed by atoms with van der Waals surface area (Å²) in [6, 6.07) is 17.4. The quantitative estimate of drug-likeness (QED) is 0.317. The zero-order valence-electron chi connectivity index (χ0n) is 16.7. The van der Waals surface area contributed by atoms with Gasteiger partial charge in [0.25, 0.3) is 5.91 Å². The van der Waals surface area contributed by atoms with Crippen LogP contribution in [0.2, 0.25) is 5.02 Å². The number of rotatable bonds is 4. The predicted octanol–water partition coefficient (Wildman–Crippen LogP) is 6.79. The lowest BCUT2D eigenvalue weighted by Gasteiger charge is -1.95. The van der Waals surface area contributed by atoms with Crippen LogP contribution in [-0.4, -0.2) is 21.0 Å². The molecule has 3 heterocycles. The van der Waals surface area contributed by atoms with E-state index >= 15 is 0 Å². The molecule has 0 atom stereocenters. The third-order valence-electron chi connectivity index (χ3n) is 4.56. The molecule has 9 heteroatoms. The highest BCUT2D eigenvalue weighted by molar-refractivity contribution is 8.18. The first-order valence-electron chi connectivity index (χ1n) is 9.59. The van der Waals surface area contributed by atoms with Crippen molar-refractivity contribution in [3.05, 3.63) is 81.2 Å². The van der Waals surface area contributed by atoms with Crippen molar-refractivity contribution >= 4 is 68.3 Å². The molecule has 0 bridgehead atoms. The summed E-state index contributed by atoms with van der Waals surface area (Å²) in [7, 11) is 0. The number of halogens is 1. The standard InChI is InChI=1S/C23H15ClN4OS3/c1-13-19(32-21(25-13)15-5-3-2-4-6-15)17-12-30-22(26-17)28-23-27-20(29)18(31-23)11-14-7-9-16(24)10-8-14/h2-12H,1H3,(H,26,27,28,29)/b18-11-. The van der Waals surface area contributed by atoms with Crippen molar-refractivity contribution in [3.63, 3.8) is 0 Å². The van der Waals surface area contributed by atoms with Crippen LogP contribution in [0.1, 0.15) is 11.3 Å². The number of nitrogens with one attached hydrogen (secondary N) is 1. The Hall–Kier alpha value is -2.78. The Morgan fingerprint density at radius 2 is 1.84 bits per heavy atom. The van der Waals surface area contributed by atoms with E-state index in [0.717, 1.165) is 32.4 Å². The highest BCUT2D eigenvalue weighted by Crippen LogP contribution is 2.37. The fourth-order valence-corrected chi connectivity index (χ4v) is 5.83. The fraction of sp³-hybridized carbons (Fsp3) is 0.0435. The smallest absolute Gasteiger partial charge is 0.264 e. The number of amides is 1. The van der Waals surface area contributed by atoms with Gasteiger partial charge < -0.3 is 5.32 Å². The van der Waals surface area contributed by atoms with Gasteiger partial charge in [0.1, 0.15) is 5.01 Å². The van der Waals surface area contributed by atoms with Crippen LogP contribution in [0, 0.1) is 6.92 Å². The fourth-order valence-electron chi connectivity index (χ4n) is 3.04. The van der Waals surface area contributed by atoms with Gasteiger partial charge in [-0.1, -0.05) is 54.1 Å². The van der Waals surface area contributed by atoms with Crippen LogP contribution in [-0.2, 0) is 4.79 Å². The molecule has 5 rings (SSSR count). The first-order valence-corrected chi connectivity index (χ1v) is 12.5. The molecular weight excluding hydrogens is 480 g/mol. The normalized spacial score (nSPS) is 16.1. The van der Waals surface area contributed by atoms with Crippen LogP contribution in [0.5, 0.6) is 0 Å². The molecule has 1 fully saturated rings. The van der Waals surface area contributed by atoms with E-state index in [1.165, 1.54) is 23.1 Å². The van der Waals surface area contributed by atoms with Gasteiger partial charge in [0.15, 0.2) is 5.17 Å². The Kier molecular flexibility index (Phi) is 5.93.